The fourth-order valence-corrected chi connectivity index (χ4v) is 4.17. The molecule has 1 N–H and O–H groups in total. The van der Waals surface area contributed by atoms with Gasteiger partial charge in [0.1, 0.15) is 0 Å². The Morgan fingerprint density at radius 3 is 2.33 bits per heavy atom. The van der Waals surface area contributed by atoms with Crippen LogP contribution in [-0.4, -0.2) is 65.5 Å². The molecule has 0 bridgehead atoms. The van der Waals surface area contributed by atoms with Crippen molar-refractivity contribution in [3.05, 3.63) is 17.7 Å². The molecule has 1 aliphatic heterocycles. The molecule has 0 aromatic carbocycles. The number of sulfonamides is 1. The van der Waals surface area contributed by atoms with Gasteiger partial charge in [0.25, 0.3) is 0 Å². The van der Waals surface area contributed by atoms with Crippen molar-refractivity contribution in [2.75, 3.05) is 26.0 Å². The molecule has 2 fully saturated rings. The van der Waals surface area contributed by atoms with Crippen molar-refractivity contribution in [2.45, 2.75) is 50.9 Å². The van der Waals surface area contributed by atoms with Crippen molar-refractivity contribution in [1.29, 1.82) is 0 Å². The fraction of sp³-hybridized carbons (Fsp3) is 0.778. The number of ether oxygens (including phenoxy) is 1. The molecule has 1 aromatic rings. The van der Waals surface area contributed by atoms with Crippen LogP contribution in [0.25, 0.3) is 0 Å². The summed E-state index contributed by atoms with van der Waals surface area (Å²) in [5.41, 5.74) is 2.11. The second-order valence-corrected chi connectivity index (χ2v) is 10.2. The standard InChI is InChI=1S/C16H25N3O3S.C2HF3O2/c1-23(20,21)19-7-14(10-22-9-13-4-5-13)16-15(8-19)17-11-18(16)6-12-2-3-12;3-2(4,5)1(6)7/h11-14H,2-10H2,1H3;(H,6,7). The Bertz CT molecular complexity index is 863. The van der Waals surface area contributed by atoms with Crippen LogP contribution >= 0.6 is 0 Å². The fourth-order valence-electron chi connectivity index (χ4n) is 3.36. The number of nitrogens with zero attached hydrogens (tertiary/aromatic N) is 3. The van der Waals surface area contributed by atoms with Gasteiger partial charge < -0.3 is 14.4 Å². The predicted molar refractivity (Wildman–Crippen MR) is 100 cm³/mol. The molecular weight excluding hydrogens is 427 g/mol. The lowest BCUT2D eigenvalue weighted by Crippen LogP contribution is -2.39. The monoisotopic (exact) mass is 453 g/mol. The molecule has 12 heteroatoms. The van der Waals surface area contributed by atoms with Crippen molar-refractivity contribution in [1.82, 2.24) is 13.9 Å². The van der Waals surface area contributed by atoms with Gasteiger partial charge in [-0.2, -0.15) is 17.5 Å². The van der Waals surface area contributed by atoms with E-state index in [4.69, 9.17) is 14.6 Å². The molecule has 4 rings (SSSR count). The van der Waals surface area contributed by atoms with Crippen molar-refractivity contribution < 1.29 is 36.2 Å². The smallest absolute Gasteiger partial charge is 0.475 e. The highest BCUT2D eigenvalue weighted by molar-refractivity contribution is 7.88. The molecule has 0 saturated heterocycles. The number of hydrogen-bond donors (Lipinski definition) is 1. The third kappa shape index (κ3) is 6.42. The van der Waals surface area contributed by atoms with Crippen molar-refractivity contribution in [3.8, 4) is 0 Å². The maximum Gasteiger partial charge on any atom is 0.490 e. The van der Waals surface area contributed by atoms with Crippen LogP contribution in [0.5, 0.6) is 0 Å². The number of hydrogen-bond acceptors (Lipinski definition) is 5. The first-order valence-corrected chi connectivity index (χ1v) is 11.7. The largest absolute Gasteiger partial charge is 0.490 e. The highest BCUT2D eigenvalue weighted by Gasteiger charge is 2.38. The molecular formula is C18H26F3N3O5S. The van der Waals surface area contributed by atoms with Crippen LogP contribution in [0, 0.1) is 11.8 Å². The topological polar surface area (TPSA) is 102 Å². The van der Waals surface area contributed by atoms with Crippen molar-refractivity contribution in [3.63, 3.8) is 0 Å². The summed E-state index contributed by atoms with van der Waals surface area (Å²) >= 11 is 0. The van der Waals surface area contributed by atoms with Crippen LogP contribution in [0.2, 0.25) is 0 Å². The van der Waals surface area contributed by atoms with Crippen LogP contribution in [0.4, 0.5) is 13.2 Å². The minimum atomic E-state index is -5.08. The lowest BCUT2D eigenvalue weighted by Gasteiger charge is -2.31. The maximum atomic E-state index is 12.0. The molecule has 1 aromatic heterocycles. The summed E-state index contributed by atoms with van der Waals surface area (Å²) in [6.07, 6.45) is 3.22. The summed E-state index contributed by atoms with van der Waals surface area (Å²) < 4.78 is 65.4. The molecule has 3 aliphatic rings. The first-order valence-electron chi connectivity index (χ1n) is 9.82. The Hall–Kier alpha value is -1.66. The average molecular weight is 453 g/mol. The normalized spacial score (nSPS) is 22.2. The zero-order chi connectivity index (χ0) is 22.1. The van der Waals surface area contributed by atoms with E-state index in [1.54, 1.807) is 0 Å². The highest BCUT2D eigenvalue weighted by Crippen LogP contribution is 2.35. The number of imidazole rings is 1. The van der Waals surface area contributed by atoms with E-state index in [1.165, 1.54) is 41.9 Å². The van der Waals surface area contributed by atoms with E-state index in [-0.39, 0.29) is 5.92 Å². The molecule has 170 valence electrons. The van der Waals surface area contributed by atoms with E-state index in [9.17, 15) is 21.6 Å². The third-order valence-corrected chi connectivity index (χ3v) is 6.54. The van der Waals surface area contributed by atoms with E-state index in [1.807, 2.05) is 6.33 Å². The molecule has 2 aliphatic carbocycles. The lowest BCUT2D eigenvalue weighted by atomic mass is 10.0. The Balaban J connectivity index is 0.000000318. The third-order valence-electron chi connectivity index (χ3n) is 5.33. The Kier molecular flexibility index (Phi) is 6.78. The number of halogens is 3. The number of alkyl halides is 3. The summed E-state index contributed by atoms with van der Waals surface area (Å²) in [7, 11) is -3.20. The summed E-state index contributed by atoms with van der Waals surface area (Å²) in [5.74, 6) is -1.17. The molecule has 0 radical (unpaired) electrons. The van der Waals surface area contributed by atoms with E-state index < -0.39 is 22.2 Å². The van der Waals surface area contributed by atoms with Gasteiger partial charge in [-0.3, -0.25) is 0 Å². The van der Waals surface area contributed by atoms with E-state index in [0.717, 1.165) is 30.7 Å². The minimum absolute atomic E-state index is 0.0912. The van der Waals surface area contributed by atoms with Gasteiger partial charge in [0.15, 0.2) is 0 Å². The van der Waals surface area contributed by atoms with Crippen LogP contribution in [-0.2, 0) is 32.6 Å². The zero-order valence-corrected chi connectivity index (χ0v) is 17.5. The quantitative estimate of drug-likeness (QED) is 0.679. The second kappa shape index (κ2) is 8.83. The molecule has 0 amide bonds. The maximum absolute atomic E-state index is 12.0. The van der Waals surface area contributed by atoms with Gasteiger partial charge in [0, 0.05) is 31.3 Å². The number of carbonyl (C=O) groups is 1. The summed E-state index contributed by atoms with van der Waals surface area (Å²) in [6, 6.07) is 0. The molecule has 30 heavy (non-hydrogen) atoms. The molecule has 0 spiro atoms. The summed E-state index contributed by atoms with van der Waals surface area (Å²) in [6.45, 7) is 3.31. The van der Waals surface area contributed by atoms with E-state index in [2.05, 4.69) is 9.55 Å². The highest BCUT2D eigenvalue weighted by atomic mass is 32.2. The van der Waals surface area contributed by atoms with Crippen LogP contribution in [0.1, 0.15) is 43.0 Å². The first-order chi connectivity index (χ1) is 13.9. The van der Waals surface area contributed by atoms with Gasteiger partial charge >= 0.3 is 12.1 Å². The molecule has 2 saturated carbocycles. The van der Waals surface area contributed by atoms with Crippen molar-refractivity contribution >= 4 is 16.0 Å². The Morgan fingerprint density at radius 2 is 1.83 bits per heavy atom. The van der Waals surface area contributed by atoms with Gasteiger partial charge in [0.2, 0.25) is 10.0 Å². The molecule has 2 heterocycles. The predicted octanol–water partition coefficient (Wildman–Crippen LogP) is 2.21. The first kappa shape index (κ1) is 23.0. The van der Waals surface area contributed by atoms with Gasteiger partial charge in [-0.05, 0) is 37.5 Å². The minimum Gasteiger partial charge on any atom is -0.475 e. The summed E-state index contributed by atoms with van der Waals surface area (Å²) in [5, 5.41) is 7.12. The number of aromatic nitrogens is 2. The van der Waals surface area contributed by atoms with Crippen LogP contribution < -0.4 is 0 Å². The van der Waals surface area contributed by atoms with Gasteiger partial charge in [0.05, 0.1) is 31.4 Å². The Morgan fingerprint density at radius 1 is 1.23 bits per heavy atom. The molecule has 8 nitrogen and oxygen atoms in total. The average Bonchev–Trinajstić information content (AvgIpc) is 3.54. The number of rotatable bonds is 7. The van der Waals surface area contributed by atoms with E-state index >= 15 is 0 Å². The number of aliphatic carboxylic acids is 1. The number of carboxylic acids is 1. The second-order valence-electron chi connectivity index (χ2n) is 8.21. The zero-order valence-electron chi connectivity index (χ0n) is 16.6. The van der Waals surface area contributed by atoms with Gasteiger partial charge in [-0.25, -0.2) is 18.2 Å². The van der Waals surface area contributed by atoms with E-state index in [0.29, 0.717) is 19.7 Å². The van der Waals surface area contributed by atoms with Crippen LogP contribution in [0.15, 0.2) is 6.33 Å². The lowest BCUT2D eigenvalue weighted by molar-refractivity contribution is -0.192. The number of fused-ring (bicyclic) bond motifs is 1. The molecule has 1 atom stereocenters. The van der Waals surface area contributed by atoms with Gasteiger partial charge in [-0.1, -0.05) is 0 Å². The SMILES string of the molecule is CS(=O)(=O)N1Cc2ncn(CC3CC3)c2C(COCC2CC2)C1.O=C(O)C(F)(F)F. The Labute approximate surface area is 173 Å². The summed E-state index contributed by atoms with van der Waals surface area (Å²) in [4.78, 5) is 13.4. The molecule has 1 unspecified atom stereocenters. The van der Waals surface area contributed by atoms with Gasteiger partial charge in [-0.15, -0.1) is 0 Å². The number of carboxylic acid groups (broad SMARTS) is 1. The van der Waals surface area contributed by atoms with Crippen molar-refractivity contribution in [2.24, 2.45) is 11.8 Å². The van der Waals surface area contributed by atoms with Crippen LogP contribution in [0.3, 0.4) is 0 Å².